The van der Waals surface area contributed by atoms with Crippen molar-refractivity contribution in [2.45, 2.75) is 16.1 Å². The zero-order chi connectivity index (χ0) is 8.79. The van der Waals surface area contributed by atoms with Crippen LogP contribution in [0.3, 0.4) is 0 Å². The van der Waals surface area contributed by atoms with Gasteiger partial charge in [0.1, 0.15) is 0 Å². The van der Waals surface area contributed by atoms with E-state index >= 15 is 0 Å². The molecular formula is C11H12Br2. The van der Waals surface area contributed by atoms with Crippen LogP contribution in [0, 0.1) is 35.5 Å². The Labute approximate surface area is 95.4 Å². The molecule has 2 bridgehead atoms. The van der Waals surface area contributed by atoms with Crippen LogP contribution in [0.5, 0.6) is 0 Å². The van der Waals surface area contributed by atoms with Crippen molar-refractivity contribution in [2.75, 3.05) is 0 Å². The highest BCUT2D eigenvalue weighted by Gasteiger charge is 2.73. The summed E-state index contributed by atoms with van der Waals surface area (Å²) in [5.74, 6) is 5.83. The molecule has 0 spiro atoms. The lowest BCUT2D eigenvalue weighted by Gasteiger charge is -2.25. The third-order valence-electron chi connectivity index (χ3n) is 4.89. The lowest BCUT2D eigenvalue weighted by Crippen LogP contribution is -2.21. The SMILES string of the molecule is BrC1(Br)[C@H]2[C@H]3[C@@H](C[C@H]21)[C@H]1C=C[C@@H]3C1. The van der Waals surface area contributed by atoms with Gasteiger partial charge in [-0.2, -0.15) is 0 Å². The summed E-state index contributed by atoms with van der Waals surface area (Å²) in [7, 11) is 0. The minimum Gasteiger partial charge on any atom is -0.0848 e. The van der Waals surface area contributed by atoms with Crippen molar-refractivity contribution in [3.63, 3.8) is 0 Å². The molecule has 0 radical (unpaired) electrons. The lowest BCUT2D eigenvalue weighted by atomic mass is 9.82. The molecule has 0 unspecified atom stereocenters. The molecule has 0 saturated heterocycles. The van der Waals surface area contributed by atoms with Crippen LogP contribution in [-0.4, -0.2) is 3.23 Å². The monoisotopic (exact) mass is 302 g/mol. The van der Waals surface area contributed by atoms with Crippen LogP contribution >= 0.6 is 31.9 Å². The van der Waals surface area contributed by atoms with Crippen LogP contribution in [0.4, 0.5) is 0 Å². The van der Waals surface area contributed by atoms with Crippen LogP contribution in [0.2, 0.25) is 0 Å². The van der Waals surface area contributed by atoms with E-state index in [1.807, 2.05) is 0 Å². The molecule has 0 aliphatic heterocycles. The minimum atomic E-state index is 0.347. The van der Waals surface area contributed by atoms with Gasteiger partial charge >= 0.3 is 0 Å². The summed E-state index contributed by atoms with van der Waals surface area (Å²) in [6, 6.07) is 0. The van der Waals surface area contributed by atoms with Crippen LogP contribution in [0.1, 0.15) is 12.8 Å². The average molecular weight is 304 g/mol. The van der Waals surface area contributed by atoms with Crippen molar-refractivity contribution >= 4 is 31.9 Å². The second-order valence-corrected chi connectivity index (χ2v) is 8.92. The highest BCUT2D eigenvalue weighted by atomic mass is 79.9. The van der Waals surface area contributed by atoms with Crippen molar-refractivity contribution < 1.29 is 0 Å². The van der Waals surface area contributed by atoms with E-state index in [2.05, 4.69) is 44.0 Å². The largest absolute Gasteiger partial charge is 0.0871 e. The molecule has 3 fully saturated rings. The minimum absolute atomic E-state index is 0.347. The van der Waals surface area contributed by atoms with Crippen molar-refractivity contribution in [3.05, 3.63) is 12.2 Å². The fourth-order valence-corrected chi connectivity index (χ4v) is 6.29. The summed E-state index contributed by atoms with van der Waals surface area (Å²) >= 11 is 7.66. The fourth-order valence-electron chi connectivity index (χ4n) is 4.37. The number of rotatable bonds is 0. The van der Waals surface area contributed by atoms with Gasteiger partial charge < -0.3 is 0 Å². The highest BCUT2D eigenvalue weighted by molar-refractivity contribution is 9.25. The van der Waals surface area contributed by atoms with E-state index in [0.717, 1.165) is 35.5 Å². The van der Waals surface area contributed by atoms with Crippen LogP contribution < -0.4 is 0 Å². The first-order valence-electron chi connectivity index (χ1n) is 5.25. The molecule has 70 valence electrons. The standard InChI is InChI=1S/C11H12Br2/c12-11(13)8-4-7-5-1-2-6(3-5)9(7)10(8)11/h1-2,5-10H,3-4H2/t5-,6+,7-,8+,9+,10+/m0/s1. The summed E-state index contributed by atoms with van der Waals surface area (Å²) in [5, 5.41) is 0. The first-order valence-corrected chi connectivity index (χ1v) is 6.84. The summed E-state index contributed by atoms with van der Waals surface area (Å²) in [5.41, 5.74) is 0. The zero-order valence-corrected chi connectivity index (χ0v) is 10.5. The van der Waals surface area contributed by atoms with Gasteiger partial charge in [-0.3, -0.25) is 0 Å². The van der Waals surface area contributed by atoms with Gasteiger partial charge in [0.05, 0.1) is 3.23 Å². The quantitative estimate of drug-likeness (QED) is 0.474. The predicted molar refractivity (Wildman–Crippen MR) is 59.9 cm³/mol. The number of fused-ring (bicyclic) bond motifs is 7. The Morgan fingerprint density at radius 3 is 2.69 bits per heavy atom. The lowest BCUT2D eigenvalue weighted by molar-refractivity contribution is 0.314. The number of hydrogen-bond donors (Lipinski definition) is 0. The third-order valence-corrected chi connectivity index (χ3v) is 7.13. The summed E-state index contributed by atoms with van der Waals surface area (Å²) < 4.78 is 0.347. The fraction of sp³-hybridized carbons (Fsp3) is 0.818. The Morgan fingerprint density at radius 1 is 1.08 bits per heavy atom. The maximum atomic E-state index is 3.83. The molecular weight excluding hydrogens is 292 g/mol. The Morgan fingerprint density at radius 2 is 1.85 bits per heavy atom. The third kappa shape index (κ3) is 0.761. The van der Waals surface area contributed by atoms with Gasteiger partial charge in [-0.25, -0.2) is 0 Å². The zero-order valence-electron chi connectivity index (χ0n) is 7.29. The number of hydrogen-bond acceptors (Lipinski definition) is 0. The normalized spacial score (nSPS) is 63.8. The number of alkyl halides is 2. The molecule has 0 aromatic carbocycles. The van der Waals surface area contributed by atoms with E-state index in [1.165, 1.54) is 12.8 Å². The van der Waals surface area contributed by atoms with Crippen molar-refractivity contribution in [3.8, 4) is 0 Å². The van der Waals surface area contributed by atoms with Crippen molar-refractivity contribution in [1.29, 1.82) is 0 Å². The average Bonchev–Trinajstić information content (AvgIpc) is 2.58. The second-order valence-electron chi connectivity index (χ2n) is 5.23. The topological polar surface area (TPSA) is 0 Å². The maximum absolute atomic E-state index is 3.83. The van der Waals surface area contributed by atoms with E-state index in [1.54, 1.807) is 0 Å². The molecule has 4 aliphatic rings. The van der Waals surface area contributed by atoms with E-state index in [9.17, 15) is 0 Å². The van der Waals surface area contributed by atoms with Crippen molar-refractivity contribution in [1.82, 2.24) is 0 Å². The molecule has 6 atom stereocenters. The molecule has 0 heterocycles. The molecule has 13 heavy (non-hydrogen) atoms. The molecule has 4 aliphatic carbocycles. The van der Waals surface area contributed by atoms with Gasteiger partial charge in [0, 0.05) is 0 Å². The van der Waals surface area contributed by atoms with E-state index in [0.29, 0.717) is 3.23 Å². The van der Waals surface area contributed by atoms with Gasteiger partial charge in [0.15, 0.2) is 0 Å². The van der Waals surface area contributed by atoms with Crippen LogP contribution in [-0.2, 0) is 0 Å². The first kappa shape index (κ1) is 7.92. The molecule has 0 amide bonds. The van der Waals surface area contributed by atoms with Crippen molar-refractivity contribution in [2.24, 2.45) is 35.5 Å². The van der Waals surface area contributed by atoms with E-state index < -0.39 is 0 Å². The van der Waals surface area contributed by atoms with Crippen LogP contribution in [0.25, 0.3) is 0 Å². The Kier molecular flexibility index (Phi) is 1.29. The first-order chi connectivity index (χ1) is 6.19. The van der Waals surface area contributed by atoms with Gasteiger partial charge in [-0.1, -0.05) is 44.0 Å². The number of allylic oxidation sites excluding steroid dienone is 2. The molecule has 4 rings (SSSR count). The molecule has 0 nitrogen and oxygen atoms in total. The van der Waals surface area contributed by atoms with Gasteiger partial charge in [-0.15, -0.1) is 0 Å². The summed E-state index contributed by atoms with van der Waals surface area (Å²) in [6.45, 7) is 0. The Balaban J connectivity index is 1.74. The molecule has 0 aromatic heterocycles. The molecule has 0 N–H and O–H groups in total. The highest BCUT2D eigenvalue weighted by Crippen LogP contribution is 2.77. The van der Waals surface area contributed by atoms with Gasteiger partial charge in [0.2, 0.25) is 0 Å². The summed E-state index contributed by atoms with van der Waals surface area (Å²) in [4.78, 5) is 0. The smallest absolute Gasteiger partial charge is 0.0848 e. The Bertz CT molecular complexity index is 307. The molecule has 0 aromatic rings. The maximum Gasteiger partial charge on any atom is 0.0871 e. The van der Waals surface area contributed by atoms with Gasteiger partial charge in [-0.05, 0) is 48.3 Å². The molecule has 3 saturated carbocycles. The molecule has 2 heteroatoms. The second kappa shape index (κ2) is 2.11. The Hall–Kier alpha value is 0.700. The van der Waals surface area contributed by atoms with E-state index in [4.69, 9.17) is 0 Å². The number of halogens is 2. The van der Waals surface area contributed by atoms with Crippen LogP contribution in [0.15, 0.2) is 12.2 Å². The predicted octanol–water partition coefficient (Wildman–Crippen LogP) is 3.56. The van der Waals surface area contributed by atoms with E-state index in [-0.39, 0.29) is 0 Å². The van der Waals surface area contributed by atoms with Gasteiger partial charge in [0.25, 0.3) is 0 Å². The summed E-state index contributed by atoms with van der Waals surface area (Å²) in [6.07, 6.45) is 7.91.